The molecule has 0 fully saturated rings. The van der Waals surface area contributed by atoms with Crippen LogP contribution in [-0.2, 0) is 6.18 Å². The summed E-state index contributed by atoms with van der Waals surface area (Å²) in [4.78, 5) is 17.0. The highest BCUT2D eigenvalue weighted by Gasteiger charge is 2.39. The Morgan fingerprint density at radius 2 is 2.03 bits per heavy atom. The number of carbonyl (C=O) groups excluding carboxylic acids is 1. The number of aromatic nitrogens is 3. The van der Waals surface area contributed by atoms with Crippen molar-refractivity contribution >= 4 is 11.7 Å². The summed E-state index contributed by atoms with van der Waals surface area (Å²) in [6.45, 7) is 5.62. The SMILES string of the molecule is CC(C)n1ccc(NC2=C(N)CN(C(=O)c3ccnc(C(F)(F)F)c3F)[C@@H](C)C2)n1. The van der Waals surface area contributed by atoms with Gasteiger partial charge < -0.3 is 16.0 Å². The van der Waals surface area contributed by atoms with Crippen LogP contribution in [0, 0.1) is 5.82 Å². The number of carbonyl (C=O) groups is 1. The third-order valence-corrected chi connectivity index (χ3v) is 4.83. The lowest BCUT2D eigenvalue weighted by atomic mass is 10.0. The number of rotatable bonds is 4. The Hall–Kier alpha value is -3.11. The van der Waals surface area contributed by atoms with E-state index in [-0.39, 0.29) is 12.6 Å². The Kier molecular flexibility index (Phi) is 5.73. The predicted molar refractivity (Wildman–Crippen MR) is 102 cm³/mol. The number of nitrogens with two attached hydrogens (primary N) is 1. The number of nitrogens with zero attached hydrogens (tertiary/aromatic N) is 4. The smallest absolute Gasteiger partial charge is 0.399 e. The van der Waals surface area contributed by atoms with Crippen molar-refractivity contribution in [2.75, 3.05) is 11.9 Å². The molecule has 0 aromatic carbocycles. The minimum absolute atomic E-state index is 0.0592. The van der Waals surface area contributed by atoms with Crippen LogP contribution in [0.25, 0.3) is 0 Å². The van der Waals surface area contributed by atoms with E-state index in [0.29, 0.717) is 23.6 Å². The standard InChI is InChI=1S/C19H22F4N6O/c1-10(2)29-7-5-15(27-29)26-14-8-11(3)28(9-13(14)24)18(30)12-4-6-25-17(16(12)20)19(21,22)23/h4-7,10-11H,8-9,24H2,1-3H3,(H,26,27)/t11-/m0/s1. The monoisotopic (exact) mass is 426 g/mol. The number of halogens is 4. The molecular weight excluding hydrogens is 404 g/mol. The lowest BCUT2D eigenvalue weighted by molar-refractivity contribution is -0.143. The van der Waals surface area contributed by atoms with Gasteiger partial charge in [-0.1, -0.05) is 0 Å². The number of anilines is 1. The summed E-state index contributed by atoms with van der Waals surface area (Å²) >= 11 is 0. The molecule has 3 N–H and O–H groups in total. The lowest BCUT2D eigenvalue weighted by Crippen LogP contribution is -2.46. The third-order valence-electron chi connectivity index (χ3n) is 4.83. The van der Waals surface area contributed by atoms with Gasteiger partial charge in [0.1, 0.15) is 0 Å². The second kappa shape index (κ2) is 7.96. The first-order chi connectivity index (χ1) is 14.0. The minimum atomic E-state index is -5.00. The molecule has 1 amide bonds. The van der Waals surface area contributed by atoms with Gasteiger partial charge in [0.25, 0.3) is 5.91 Å². The maximum Gasteiger partial charge on any atom is 0.436 e. The molecule has 7 nitrogen and oxygen atoms in total. The molecule has 2 aromatic rings. The summed E-state index contributed by atoms with van der Waals surface area (Å²) in [5, 5.41) is 7.51. The number of hydrogen-bond donors (Lipinski definition) is 2. The van der Waals surface area contributed by atoms with Gasteiger partial charge in [0.05, 0.1) is 12.1 Å². The maximum absolute atomic E-state index is 14.3. The summed E-state index contributed by atoms with van der Waals surface area (Å²) in [5.74, 6) is -1.98. The Bertz CT molecular complexity index is 982. The molecule has 162 valence electrons. The average Bonchev–Trinajstić information content (AvgIpc) is 3.12. The van der Waals surface area contributed by atoms with E-state index in [1.54, 1.807) is 17.7 Å². The molecule has 3 rings (SSSR count). The molecule has 0 radical (unpaired) electrons. The third kappa shape index (κ3) is 4.24. The van der Waals surface area contributed by atoms with Crippen molar-refractivity contribution in [1.82, 2.24) is 19.7 Å². The zero-order valence-electron chi connectivity index (χ0n) is 16.7. The van der Waals surface area contributed by atoms with E-state index in [0.717, 1.165) is 12.3 Å². The molecule has 0 aliphatic carbocycles. The van der Waals surface area contributed by atoms with E-state index in [4.69, 9.17) is 5.73 Å². The van der Waals surface area contributed by atoms with Gasteiger partial charge in [-0.2, -0.15) is 18.3 Å². The second-order valence-electron chi connectivity index (χ2n) is 7.41. The molecule has 1 aliphatic rings. The highest BCUT2D eigenvalue weighted by atomic mass is 19.4. The van der Waals surface area contributed by atoms with E-state index < -0.39 is 35.2 Å². The molecule has 1 aliphatic heterocycles. The summed E-state index contributed by atoms with van der Waals surface area (Å²) in [6.07, 6.45) is -2.10. The summed E-state index contributed by atoms with van der Waals surface area (Å²) in [6, 6.07) is 2.47. The Balaban J connectivity index is 1.82. The number of amides is 1. The lowest BCUT2D eigenvalue weighted by Gasteiger charge is -2.35. The van der Waals surface area contributed by atoms with Gasteiger partial charge in [-0.15, -0.1) is 0 Å². The van der Waals surface area contributed by atoms with Crippen LogP contribution < -0.4 is 11.1 Å². The molecule has 0 unspecified atom stereocenters. The van der Waals surface area contributed by atoms with Crippen molar-refractivity contribution in [3.63, 3.8) is 0 Å². The largest absolute Gasteiger partial charge is 0.436 e. The fourth-order valence-corrected chi connectivity index (χ4v) is 3.18. The van der Waals surface area contributed by atoms with Gasteiger partial charge in [0.2, 0.25) is 0 Å². The maximum atomic E-state index is 14.3. The molecule has 0 saturated heterocycles. The number of pyridine rings is 1. The van der Waals surface area contributed by atoms with Crippen molar-refractivity contribution < 1.29 is 22.4 Å². The fourth-order valence-electron chi connectivity index (χ4n) is 3.18. The van der Waals surface area contributed by atoms with Crippen LogP contribution in [0.4, 0.5) is 23.4 Å². The van der Waals surface area contributed by atoms with Crippen molar-refractivity contribution in [3.05, 3.63) is 53.0 Å². The number of alkyl halides is 3. The van der Waals surface area contributed by atoms with Gasteiger partial charge in [0.15, 0.2) is 17.3 Å². The van der Waals surface area contributed by atoms with Crippen molar-refractivity contribution in [2.45, 2.75) is 45.5 Å². The molecular formula is C19H22F4N6O. The van der Waals surface area contributed by atoms with Crippen LogP contribution in [0.5, 0.6) is 0 Å². The Labute approximate surface area is 170 Å². The quantitative estimate of drug-likeness (QED) is 0.731. The molecule has 1 atom stereocenters. The van der Waals surface area contributed by atoms with Gasteiger partial charge in [-0.05, 0) is 26.8 Å². The first-order valence-electron chi connectivity index (χ1n) is 9.31. The predicted octanol–water partition coefficient (Wildman–Crippen LogP) is 3.53. The summed E-state index contributed by atoms with van der Waals surface area (Å²) < 4.78 is 54.8. The molecule has 0 bridgehead atoms. The van der Waals surface area contributed by atoms with Gasteiger partial charge in [0, 0.05) is 48.4 Å². The van der Waals surface area contributed by atoms with Crippen LogP contribution in [0.2, 0.25) is 0 Å². The first-order valence-corrected chi connectivity index (χ1v) is 9.31. The highest BCUT2D eigenvalue weighted by Crippen LogP contribution is 2.32. The van der Waals surface area contributed by atoms with E-state index in [1.165, 1.54) is 4.90 Å². The van der Waals surface area contributed by atoms with E-state index in [9.17, 15) is 22.4 Å². The zero-order chi connectivity index (χ0) is 22.2. The van der Waals surface area contributed by atoms with Gasteiger partial charge in [-0.3, -0.25) is 9.48 Å². The molecule has 0 saturated carbocycles. The van der Waals surface area contributed by atoms with Crippen LogP contribution >= 0.6 is 0 Å². The molecule has 0 spiro atoms. The molecule has 2 aromatic heterocycles. The highest BCUT2D eigenvalue weighted by molar-refractivity contribution is 5.95. The fraction of sp³-hybridized carbons (Fsp3) is 0.421. The van der Waals surface area contributed by atoms with E-state index >= 15 is 0 Å². The number of nitrogens with one attached hydrogen (secondary N) is 1. The molecule has 3 heterocycles. The second-order valence-corrected chi connectivity index (χ2v) is 7.41. The zero-order valence-corrected chi connectivity index (χ0v) is 16.7. The van der Waals surface area contributed by atoms with Gasteiger partial charge in [-0.25, -0.2) is 9.37 Å². The van der Waals surface area contributed by atoms with E-state index in [1.807, 2.05) is 20.0 Å². The van der Waals surface area contributed by atoms with Crippen molar-refractivity contribution in [2.24, 2.45) is 5.73 Å². The minimum Gasteiger partial charge on any atom is -0.399 e. The van der Waals surface area contributed by atoms with Crippen molar-refractivity contribution in [3.8, 4) is 0 Å². The van der Waals surface area contributed by atoms with Gasteiger partial charge >= 0.3 is 6.18 Å². The summed E-state index contributed by atoms with van der Waals surface area (Å²) in [7, 11) is 0. The Morgan fingerprint density at radius 1 is 1.33 bits per heavy atom. The molecule has 30 heavy (non-hydrogen) atoms. The van der Waals surface area contributed by atoms with Crippen LogP contribution in [0.1, 0.15) is 49.3 Å². The first kappa shape index (κ1) is 21.6. The summed E-state index contributed by atoms with van der Waals surface area (Å²) in [5.41, 5.74) is 4.68. The van der Waals surface area contributed by atoms with Crippen LogP contribution in [0.15, 0.2) is 35.9 Å². The normalized spacial score (nSPS) is 17.6. The molecule has 11 heteroatoms. The van der Waals surface area contributed by atoms with Crippen molar-refractivity contribution in [1.29, 1.82) is 0 Å². The van der Waals surface area contributed by atoms with E-state index in [2.05, 4.69) is 15.4 Å². The number of hydrogen-bond acceptors (Lipinski definition) is 5. The van der Waals surface area contributed by atoms with Crippen LogP contribution in [0.3, 0.4) is 0 Å². The Morgan fingerprint density at radius 3 is 2.63 bits per heavy atom. The average molecular weight is 426 g/mol. The van der Waals surface area contributed by atoms with Crippen LogP contribution in [-0.4, -0.2) is 38.2 Å². The topological polar surface area (TPSA) is 89.1 Å².